The maximum Gasteiger partial charge on any atom is 0.271 e. The van der Waals surface area contributed by atoms with Crippen LogP contribution in [0, 0.1) is 10.1 Å². The molecular weight excluding hydrogens is 274 g/mol. The van der Waals surface area contributed by atoms with Crippen molar-refractivity contribution in [2.75, 3.05) is 18.4 Å². The Bertz CT molecular complexity index is 464. The van der Waals surface area contributed by atoms with Gasteiger partial charge in [0.2, 0.25) is 0 Å². The minimum absolute atomic E-state index is 0.0238. The molecule has 18 heavy (non-hydrogen) atoms. The Balaban J connectivity index is 2.93. The summed E-state index contributed by atoms with van der Waals surface area (Å²) in [6.07, 6.45) is 0. The largest absolute Gasteiger partial charge is 0.350 e. The molecule has 98 valence electrons. The minimum atomic E-state index is -0.470. The first-order valence-electron chi connectivity index (χ1n) is 5.49. The molecule has 1 aromatic carbocycles. The summed E-state index contributed by atoms with van der Waals surface area (Å²) in [5.74, 6) is 0. The average Bonchev–Trinajstić information content (AvgIpc) is 2.33. The summed E-state index contributed by atoms with van der Waals surface area (Å²) in [5, 5.41) is 14.5. The van der Waals surface area contributed by atoms with Crippen LogP contribution >= 0.6 is 23.8 Å². The molecule has 0 atom stereocenters. The van der Waals surface area contributed by atoms with Crippen molar-refractivity contribution in [3.63, 3.8) is 0 Å². The lowest BCUT2D eigenvalue weighted by molar-refractivity contribution is -0.384. The van der Waals surface area contributed by atoms with Crippen LogP contribution in [0.15, 0.2) is 18.2 Å². The molecular formula is C11H14ClN3O2S. The lowest BCUT2D eigenvalue weighted by Gasteiger charge is -2.22. The predicted molar refractivity (Wildman–Crippen MR) is 77.2 cm³/mol. The first-order valence-corrected chi connectivity index (χ1v) is 6.28. The number of rotatable bonds is 4. The number of nitrogens with one attached hydrogen (secondary N) is 1. The second-order valence-electron chi connectivity index (χ2n) is 3.52. The third kappa shape index (κ3) is 3.54. The van der Waals surface area contributed by atoms with Crippen molar-refractivity contribution in [1.82, 2.24) is 4.90 Å². The van der Waals surface area contributed by atoms with E-state index in [1.165, 1.54) is 18.2 Å². The van der Waals surface area contributed by atoms with Gasteiger partial charge < -0.3 is 10.2 Å². The van der Waals surface area contributed by atoms with Crippen molar-refractivity contribution >= 4 is 40.3 Å². The van der Waals surface area contributed by atoms with Crippen molar-refractivity contribution in [2.24, 2.45) is 0 Å². The van der Waals surface area contributed by atoms with E-state index in [0.717, 1.165) is 13.1 Å². The molecule has 7 heteroatoms. The second-order valence-corrected chi connectivity index (χ2v) is 4.32. The Morgan fingerprint density at radius 2 is 2.11 bits per heavy atom. The quantitative estimate of drug-likeness (QED) is 0.523. The van der Waals surface area contributed by atoms with Gasteiger partial charge in [-0.05, 0) is 32.1 Å². The monoisotopic (exact) mass is 287 g/mol. The zero-order valence-corrected chi connectivity index (χ0v) is 11.7. The molecule has 1 N–H and O–H groups in total. The van der Waals surface area contributed by atoms with E-state index < -0.39 is 4.92 Å². The fourth-order valence-electron chi connectivity index (χ4n) is 1.43. The van der Waals surface area contributed by atoms with Gasteiger partial charge in [-0.2, -0.15) is 0 Å². The zero-order valence-electron chi connectivity index (χ0n) is 10.1. The number of halogens is 1. The van der Waals surface area contributed by atoms with E-state index in [9.17, 15) is 10.1 Å². The molecule has 0 amide bonds. The molecule has 0 bridgehead atoms. The van der Waals surface area contributed by atoms with Crippen LogP contribution in [-0.4, -0.2) is 28.0 Å². The summed E-state index contributed by atoms with van der Waals surface area (Å²) in [6.45, 7) is 5.48. The number of benzene rings is 1. The van der Waals surface area contributed by atoms with E-state index in [1.54, 1.807) is 0 Å². The first-order chi connectivity index (χ1) is 8.49. The van der Waals surface area contributed by atoms with Gasteiger partial charge in [-0.15, -0.1) is 0 Å². The molecule has 0 radical (unpaired) electrons. The van der Waals surface area contributed by atoms with Gasteiger partial charge in [-0.25, -0.2) is 0 Å². The summed E-state index contributed by atoms with van der Waals surface area (Å²) in [4.78, 5) is 12.1. The molecule has 0 aromatic heterocycles. The van der Waals surface area contributed by atoms with E-state index in [1.807, 2.05) is 18.7 Å². The maximum atomic E-state index is 10.7. The fourth-order valence-corrected chi connectivity index (χ4v) is 1.96. The van der Waals surface area contributed by atoms with E-state index in [4.69, 9.17) is 23.8 Å². The van der Waals surface area contributed by atoms with Crippen LogP contribution in [0.2, 0.25) is 5.02 Å². The second kappa shape index (κ2) is 6.51. The average molecular weight is 288 g/mol. The van der Waals surface area contributed by atoms with Gasteiger partial charge in [0.1, 0.15) is 0 Å². The van der Waals surface area contributed by atoms with Crippen molar-refractivity contribution in [3.05, 3.63) is 33.3 Å². The van der Waals surface area contributed by atoms with E-state index >= 15 is 0 Å². The van der Waals surface area contributed by atoms with Crippen molar-refractivity contribution < 1.29 is 4.92 Å². The van der Waals surface area contributed by atoms with Gasteiger partial charge in [0.25, 0.3) is 5.69 Å². The highest BCUT2D eigenvalue weighted by atomic mass is 35.5. The molecule has 0 aliphatic heterocycles. The van der Waals surface area contributed by atoms with E-state index in [2.05, 4.69) is 5.32 Å². The van der Waals surface area contributed by atoms with Gasteiger partial charge in [0.15, 0.2) is 5.11 Å². The molecule has 0 saturated heterocycles. The highest BCUT2D eigenvalue weighted by Crippen LogP contribution is 2.26. The van der Waals surface area contributed by atoms with Crippen LogP contribution in [0.5, 0.6) is 0 Å². The number of hydrogen-bond acceptors (Lipinski definition) is 3. The third-order valence-electron chi connectivity index (χ3n) is 2.45. The van der Waals surface area contributed by atoms with Crippen LogP contribution in [0.4, 0.5) is 11.4 Å². The number of nitro groups is 1. The topological polar surface area (TPSA) is 58.4 Å². The highest BCUT2D eigenvalue weighted by Gasteiger charge is 2.12. The molecule has 0 saturated carbocycles. The van der Waals surface area contributed by atoms with Gasteiger partial charge in [0.05, 0.1) is 15.6 Å². The molecule has 0 heterocycles. The molecule has 0 aliphatic rings. The summed E-state index contributed by atoms with van der Waals surface area (Å²) in [7, 11) is 0. The summed E-state index contributed by atoms with van der Waals surface area (Å²) in [6, 6.07) is 4.21. The summed E-state index contributed by atoms with van der Waals surface area (Å²) < 4.78 is 0. The molecule has 0 fully saturated rings. The molecule has 0 unspecified atom stereocenters. The number of nitro benzene ring substituents is 1. The minimum Gasteiger partial charge on any atom is -0.350 e. The Kier molecular flexibility index (Phi) is 5.30. The molecule has 1 rings (SSSR count). The predicted octanol–water partition coefficient (Wildman–Crippen LogP) is 3.29. The lowest BCUT2D eigenvalue weighted by Crippen LogP contribution is -2.34. The van der Waals surface area contributed by atoms with Crippen molar-refractivity contribution in [3.8, 4) is 0 Å². The SMILES string of the molecule is CCN(CC)C(=S)Nc1cc([N+](=O)[O-])ccc1Cl. The van der Waals surface area contributed by atoms with Crippen LogP contribution in [-0.2, 0) is 0 Å². The molecule has 0 spiro atoms. The Morgan fingerprint density at radius 3 is 2.61 bits per heavy atom. The first kappa shape index (κ1) is 14.7. The normalized spacial score (nSPS) is 9.94. The Labute approximate surface area is 116 Å². The van der Waals surface area contributed by atoms with Crippen LogP contribution in [0.25, 0.3) is 0 Å². The van der Waals surface area contributed by atoms with Gasteiger partial charge in [-0.3, -0.25) is 10.1 Å². The Hall–Kier alpha value is -1.40. The molecule has 0 aliphatic carbocycles. The number of thiocarbonyl (C=S) groups is 1. The third-order valence-corrected chi connectivity index (χ3v) is 3.14. The van der Waals surface area contributed by atoms with Crippen LogP contribution in [0.3, 0.4) is 0 Å². The Morgan fingerprint density at radius 1 is 1.50 bits per heavy atom. The van der Waals surface area contributed by atoms with Crippen molar-refractivity contribution in [1.29, 1.82) is 0 Å². The van der Waals surface area contributed by atoms with Gasteiger partial charge >= 0.3 is 0 Å². The fraction of sp³-hybridized carbons (Fsp3) is 0.364. The number of anilines is 1. The standard InChI is InChI=1S/C11H14ClN3O2S/c1-3-14(4-2)11(18)13-10-7-8(15(16)17)5-6-9(10)12/h5-7H,3-4H2,1-2H3,(H,13,18). The molecule has 5 nitrogen and oxygen atoms in total. The van der Waals surface area contributed by atoms with Gasteiger partial charge in [-0.1, -0.05) is 11.6 Å². The van der Waals surface area contributed by atoms with Crippen LogP contribution in [0.1, 0.15) is 13.8 Å². The molecule has 1 aromatic rings. The number of nitrogens with zero attached hydrogens (tertiary/aromatic N) is 2. The lowest BCUT2D eigenvalue weighted by atomic mass is 10.3. The summed E-state index contributed by atoms with van der Waals surface area (Å²) in [5.41, 5.74) is 0.423. The summed E-state index contributed by atoms with van der Waals surface area (Å²) >= 11 is 11.2. The zero-order chi connectivity index (χ0) is 13.7. The smallest absolute Gasteiger partial charge is 0.271 e. The van der Waals surface area contributed by atoms with Crippen LogP contribution < -0.4 is 5.32 Å². The van der Waals surface area contributed by atoms with Crippen molar-refractivity contribution in [2.45, 2.75) is 13.8 Å². The maximum absolute atomic E-state index is 10.7. The number of hydrogen-bond donors (Lipinski definition) is 1. The van der Waals surface area contributed by atoms with E-state index in [-0.39, 0.29) is 5.69 Å². The van der Waals surface area contributed by atoms with Gasteiger partial charge in [0, 0.05) is 25.2 Å². The van der Waals surface area contributed by atoms with E-state index in [0.29, 0.717) is 15.8 Å². The highest BCUT2D eigenvalue weighted by molar-refractivity contribution is 7.80. The number of non-ortho nitro benzene ring substituents is 1.